The minimum Gasteiger partial charge on any atom is -0.465 e. The lowest BCUT2D eigenvalue weighted by molar-refractivity contribution is -0.131. The molecule has 2 aromatic rings. The summed E-state index contributed by atoms with van der Waals surface area (Å²) in [6.07, 6.45) is 2.80. The van der Waals surface area contributed by atoms with Crippen LogP contribution < -0.4 is 4.72 Å². The van der Waals surface area contributed by atoms with Gasteiger partial charge in [-0.05, 0) is 49.3 Å². The summed E-state index contributed by atoms with van der Waals surface area (Å²) < 4.78 is 34.0. The number of carbonyl (C=O) groups is 2. The van der Waals surface area contributed by atoms with Gasteiger partial charge >= 0.3 is 5.97 Å². The van der Waals surface area contributed by atoms with E-state index in [1.807, 2.05) is 26.2 Å². The van der Waals surface area contributed by atoms with Crippen LogP contribution in [0.25, 0.3) is 0 Å². The van der Waals surface area contributed by atoms with Crippen LogP contribution in [0, 0.1) is 13.8 Å². The number of anilines is 1. The van der Waals surface area contributed by atoms with Crippen molar-refractivity contribution < 1.29 is 22.7 Å². The highest BCUT2D eigenvalue weighted by atomic mass is 32.2. The summed E-state index contributed by atoms with van der Waals surface area (Å²) in [7, 11) is -2.79. The van der Waals surface area contributed by atoms with Crippen molar-refractivity contribution in [2.24, 2.45) is 0 Å². The van der Waals surface area contributed by atoms with Gasteiger partial charge in [0.2, 0.25) is 5.91 Å². The zero-order valence-corrected chi connectivity index (χ0v) is 20.4. The van der Waals surface area contributed by atoms with Crippen LogP contribution in [-0.2, 0) is 32.5 Å². The number of aryl methyl sites for hydroxylation is 1. The summed E-state index contributed by atoms with van der Waals surface area (Å²) in [6, 6.07) is 5.37. The molecule has 0 saturated heterocycles. The lowest BCUT2D eigenvalue weighted by Gasteiger charge is -2.27. The van der Waals surface area contributed by atoms with Gasteiger partial charge in [0.25, 0.3) is 10.0 Å². The van der Waals surface area contributed by atoms with Crippen LogP contribution in [0.2, 0.25) is 0 Å². The van der Waals surface area contributed by atoms with E-state index in [0.717, 1.165) is 28.2 Å². The fraction of sp³-hybridized carbons (Fsp3) is 0.429. The minimum absolute atomic E-state index is 0.0333. The van der Waals surface area contributed by atoms with Gasteiger partial charge in [0.1, 0.15) is 0 Å². The number of hydrogen-bond donors (Lipinski definition) is 1. The topological polar surface area (TPSA) is 92.8 Å². The number of amides is 1. The smallest absolute Gasteiger partial charge is 0.340 e. The number of ether oxygens (including phenoxy) is 1. The van der Waals surface area contributed by atoms with Gasteiger partial charge in [0.15, 0.2) is 4.21 Å². The molecule has 0 bridgehead atoms. The first-order valence-corrected chi connectivity index (χ1v) is 13.5. The van der Waals surface area contributed by atoms with Crippen LogP contribution in [0.3, 0.4) is 0 Å². The second-order valence-electron chi connectivity index (χ2n) is 7.32. The Hall–Kier alpha value is -2.04. The van der Waals surface area contributed by atoms with Crippen molar-refractivity contribution in [1.29, 1.82) is 0 Å². The molecule has 0 spiro atoms. The summed E-state index contributed by atoms with van der Waals surface area (Å²) in [4.78, 5) is 27.4. The summed E-state index contributed by atoms with van der Waals surface area (Å²) >= 11 is 2.64. The molecule has 7 nitrogen and oxygen atoms in total. The van der Waals surface area contributed by atoms with Crippen LogP contribution in [0.4, 0.5) is 5.69 Å². The van der Waals surface area contributed by atoms with E-state index >= 15 is 0 Å². The molecule has 31 heavy (non-hydrogen) atoms. The number of benzene rings is 1. The van der Waals surface area contributed by atoms with E-state index in [1.165, 1.54) is 7.11 Å². The van der Waals surface area contributed by atoms with Crippen LogP contribution in [0.15, 0.2) is 22.4 Å². The second-order valence-corrected chi connectivity index (χ2v) is 11.3. The van der Waals surface area contributed by atoms with Crippen LogP contribution >= 0.6 is 23.1 Å². The summed E-state index contributed by atoms with van der Waals surface area (Å²) in [6.45, 7) is 4.49. The molecule has 3 rings (SSSR count). The molecule has 168 valence electrons. The van der Waals surface area contributed by atoms with Crippen molar-refractivity contribution >= 4 is 50.7 Å². The van der Waals surface area contributed by atoms with Crippen molar-refractivity contribution in [3.8, 4) is 0 Å². The quantitative estimate of drug-likeness (QED) is 0.607. The maximum Gasteiger partial charge on any atom is 0.340 e. The SMILES string of the molecule is COC(=O)c1c(S(=O)(=O)Nc2cccc(C)c2C)sc2c1CCN(C(=O)CCSC)C2. The molecular formula is C21H26N2O5S3. The van der Waals surface area contributed by atoms with Gasteiger partial charge in [0.05, 0.1) is 24.9 Å². The Morgan fingerprint density at radius 2 is 2.03 bits per heavy atom. The largest absolute Gasteiger partial charge is 0.465 e. The molecule has 1 aliphatic heterocycles. The third-order valence-electron chi connectivity index (χ3n) is 5.38. The third-order valence-corrected chi connectivity index (χ3v) is 9.09. The first kappa shape index (κ1) is 23.6. The van der Waals surface area contributed by atoms with E-state index in [9.17, 15) is 18.0 Å². The highest BCUT2D eigenvalue weighted by molar-refractivity contribution is 7.98. The van der Waals surface area contributed by atoms with Gasteiger partial charge in [-0.15, -0.1) is 11.3 Å². The molecule has 0 atom stereocenters. The number of carbonyl (C=O) groups excluding carboxylic acids is 2. The highest BCUT2D eigenvalue weighted by Crippen LogP contribution is 2.38. The molecule has 0 saturated carbocycles. The second kappa shape index (κ2) is 9.62. The fourth-order valence-corrected chi connectivity index (χ4v) is 6.89. The van der Waals surface area contributed by atoms with Crippen LogP contribution in [-0.4, -0.2) is 50.9 Å². The number of thiophene rings is 1. The third kappa shape index (κ3) is 4.91. The average molecular weight is 483 g/mol. The molecule has 1 aromatic heterocycles. The first-order chi connectivity index (χ1) is 14.7. The van der Waals surface area contributed by atoms with Crippen molar-refractivity contribution in [2.45, 2.75) is 37.4 Å². The normalized spacial score (nSPS) is 13.6. The molecule has 10 heteroatoms. The van der Waals surface area contributed by atoms with Gasteiger partial charge in [-0.2, -0.15) is 11.8 Å². The Morgan fingerprint density at radius 1 is 1.29 bits per heavy atom. The Balaban J connectivity index is 1.99. The van der Waals surface area contributed by atoms with E-state index in [-0.39, 0.29) is 15.7 Å². The number of rotatable bonds is 7. The zero-order chi connectivity index (χ0) is 22.8. The van der Waals surface area contributed by atoms with E-state index in [0.29, 0.717) is 42.1 Å². The van der Waals surface area contributed by atoms with E-state index in [2.05, 4.69) is 4.72 Å². The Labute approximate surface area is 191 Å². The Bertz CT molecular complexity index is 1110. The Morgan fingerprint density at radius 3 is 2.71 bits per heavy atom. The summed E-state index contributed by atoms with van der Waals surface area (Å²) in [5.74, 6) is 0.0892. The highest BCUT2D eigenvalue weighted by Gasteiger charge is 2.35. The molecule has 1 N–H and O–H groups in total. The summed E-state index contributed by atoms with van der Waals surface area (Å²) in [5, 5.41) is 0. The number of hydrogen-bond acceptors (Lipinski definition) is 7. The molecule has 2 heterocycles. The van der Waals surface area contributed by atoms with E-state index in [4.69, 9.17) is 4.74 Å². The van der Waals surface area contributed by atoms with Gasteiger partial charge in [-0.25, -0.2) is 13.2 Å². The molecule has 1 aliphatic rings. The van der Waals surface area contributed by atoms with Crippen LogP contribution in [0.5, 0.6) is 0 Å². The molecular weight excluding hydrogens is 456 g/mol. The van der Waals surface area contributed by atoms with Gasteiger partial charge in [-0.1, -0.05) is 12.1 Å². The number of thioether (sulfide) groups is 1. The molecule has 1 amide bonds. The molecule has 0 unspecified atom stereocenters. The van der Waals surface area contributed by atoms with Crippen molar-refractivity contribution in [1.82, 2.24) is 4.90 Å². The summed E-state index contributed by atoms with van der Waals surface area (Å²) in [5.41, 5.74) is 2.98. The van der Waals surface area contributed by atoms with E-state index in [1.54, 1.807) is 28.8 Å². The minimum atomic E-state index is -4.02. The van der Waals surface area contributed by atoms with Crippen molar-refractivity contribution in [3.05, 3.63) is 45.3 Å². The maximum absolute atomic E-state index is 13.3. The van der Waals surface area contributed by atoms with Gasteiger partial charge < -0.3 is 9.64 Å². The lowest BCUT2D eigenvalue weighted by Crippen LogP contribution is -2.35. The van der Waals surface area contributed by atoms with Gasteiger partial charge in [0, 0.05) is 23.6 Å². The van der Waals surface area contributed by atoms with Crippen molar-refractivity contribution in [3.63, 3.8) is 0 Å². The Kier molecular flexibility index (Phi) is 7.33. The van der Waals surface area contributed by atoms with E-state index < -0.39 is 16.0 Å². The number of fused-ring (bicyclic) bond motifs is 1. The molecule has 0 fully saturated rings. The maximum atomic E-state index is 13.3. The number of methoxy groups -OCH3 is 1. The molecule has 0 aliphatic carbocycles. The number of sulfonamides is 1. The molecule has 1 aromatic carbocycles. The molecule has 0 radical (unpaired) electrons. The predicted molar refractivity (Wildman–Crippen MR) is 125 cm³/mol. The van der Waals surface area contributed by atoms with Gasteiger partial charge in [-0.3, -0.25) is 9.52 Å². The number of nitrogens with one attached hydrogen (secondary N) is 1. The van der Waals surface area contributed by atoms with Crippen LogP contribution in [0.1, 0.15) is 38.3 Å². The average Bonchev–Trinajstić information content (AvgIpc) is 3.14. The number of esters is 1. The lowest BCUT2D eigenvalue weighted by atomic mass is 10.0. The number of nitrogens with zero attached hydrogens (tertiary/aromatic N) is 1. The van der Waals surface area contributed by atoms with Crippen molar-refractivity contribution in [2.75, 3.05) is 30.4 Å². The standard InChI is InChI=1S/C21H26N2O5S3/c1-13-6-5-7-16(14(13)2)22-31(26,27)21-19(20(25)28-3)15-8-10-23(12-17(15)30-21)18(24)9-11-29-4/h5-7,22H,8-12H2,1-4H3. The fourth-order valence-electron chi connectivity index (χ4n) is 3.49. The predicted octanol–water partition coefficient (Wildman–Crippen LogP) is 3.59. The monoisotopic (exact) mass is 482 g/mol. The zero-order valence-electron chi connectivity index (χ0n) is 18.0. The first-order valence-electron chi connectivity index (χ1n) is 9.78.